The Labute approximate surface area is 113 Å². The Kier molecular flexibility index (Phi) is 4.07. The van der Waals surface area contributed by atoms with Gasteiger partial charge in [0.05, 0.1) is 6.61 Å². The predicted octanol–water partition coefficient (Wildman–Crippen LogP) is 2.27. The number of anilines is 1. The molecule has 2 N–H and O–H groups in total. The number of nitrogens with one attached hydrogen (secondary N) is 2. The van der Waals surface area contributed by atoms with Crippen LogP contribution < -0.4 is 10.6 Å². The Balaban J connectivity index is 1.76. The molecular weight excluding hydrogens is 244 g/mol. The fourth-order valence-corrected chi connectivity index (χ4v) is 1.97. The highest BCUT2D eigenvalue weighted by atomic mass is 16.7. The molecule has 1 aliphatic heterocycles. The van der Waals surface area contributed by atoms with E-state index in [1.165, 1.54) is 0 Å². The second kappa shape index (κ2) is 5.59. The summed E-state index contributed by atoms with van der Waals surface area (Å²) in [7, 11) is 0. The number of carbonyl (C=O) groups excluding carboxylic acids is 1. The fraction of sp³-hybridized carbons (Fsp3) is 0.500. The first kappa shape index (κ1) is 13.8. The third kappa shape index (κ3) is 4.22. The van der Waals surface area contributed by atoms with Crippen molar-refractivity contribution in [3.63, 3.8) is 0 Å². The number of rotatable bonds is 3. The minimum Gasteiger partial charge on any atom is -0.348 e. The Morgan fingerprint density at radius 2 is 2.26 bits per heavy atom. The first-order valence-corrected chi connectivity index (χ1v) is 6.38. The van der Waals surface area contributed by atoms with E-state index in [9.17, 15) is 4.79 Å². The molecular formula is C14H20N2O3. The lowest BCUT2D eigenvalue weighted by Gasteiger charge is -2.17. The topological polar surface area (TPSA) is 59.6 Å². The van der Waals surface area contributed by atoms with E-state index in [0.29, 0.717) is 13.2 Å². The van der Waals surface area contributed by atoms with Gasteiger partial charge in [-0.3, -0.25) is 0 Å². The number of hydrogen-bond acceptors (Lipinski definition) is 3. The van der Waals surface area contributed by atoms with Crippen molar-refractivity contribution in [2.24, 2.45) is 0 Å². The molecule has 19 heavy (non-hydrogen) atoms. The molecule has 104 valence electrons. The van der Waals surface area contributed by atoms with Gasteiger partial charge in [0, 0.05) is 12.2 Å². The molecule has 1 fully saturated rings. The normalized spacial score (nSPS) is 21.1. The summed E-state index contributed by atoms with van der Waals surface area (Å²) in [5.41, 5.74) is 1.88. The van der Waals surface area contributed by atoms with E-state index in [2.05, 4.69) is 10.6 Å². The first-order valence-electron chi connectivity index (χ1n) is 6.38. The van der Waals surface area contributed by atoms with Gasteiger partial charge in [-0.15, -0.1) is 0 Å². The quantitative estimate of drug-likeness (QED) is 0.880. The largest absolute Gasteiger partial charge is 0.348 e. The van der Waals surface area contributed by atoms with Gasteiger partial charge in [0.25, 0.3) is 0 Å². The van der Waals surface area contributed by atoms with E-state index >= 15 is 0 Å². The van der Waals surface area contributed by atoms with E-state index in [1.807, 2.05) is 45.0 Å². The van der Waals surface area contributed by atoms with Crippen LogP contribution in [-0.4, -0.2) is 31.1 Å². The summed E-state index contributed by atoms with van der Waals surface area (Å²) in [5.74, 6) is -0.556. The molecule has 5 nitrogen and oxygen atoms in total. The Morgan fingerprint density at radius 1 is 1.47 bits per heavy atom. The zero-order valence-corrected chi connectivity index (χ0v) is 11.5. The van der Waals surface area contributed by atoms with Crippen LogP contribution in [0.15, 0.2) is 24.3 Å². The zero-order valence-electron chi connectivity index (χ0n) is 11.5. The van der Waals surface area contributed by atoms with E-state index in [0.717, 1.165) is 11.3 Å². The molecule has 1 atom stereocenters. The van der Waals surface area contributed by atoms with Crippen LogP contribution in [0.3, 0.4) is 0 Å². The van der Waals surface area contributed by atoms with Crippen molar-refractivity contribution >= 4 is 11.7 Å². The number of benzene rings is 1. The number of carbonyl (C=O) groups is 1. The van der Waals surface area contributed by atoms with Crippen LogP contribution in [0.2, 0.25) is 0 Å². The molecule has 1 aromatic rings. The molecule has 1 aromatic carbocycles. The van der Waals surface area contributed by atoms with Crippen LogP contribution in [0.4, 0.5) is 10.5 Å². The molecule has 1 heterocycles. The van der Waals surface area contributed by atoms with Gasteiger partial charge in [-0.05, 0) is 38.5 Å². The van der Waals surface area contributed by atoms with Gasteiger partial charge in [0.1, 0.15) is 6.10 Å². The summed E-state index contributed by atoms with van der Waals surface area (Å²) >= 11 is 0. The Bertz CT molecular complexity index is 460. The molecule has 1 aliphatic rings. The van der Waals surface area contributed by atoms with Gasteiger partial charge in [0.2, 0.25) is 0 Å². The molecule has 0 bridgehead atoms. The standard InChI is InChI=1S/C14H20N2O3/c1-10-5-4-6-11(7-10)16-13(17)15-8-12-9-18-14(2,3)19-12/h4-7,12H,8-9H2,1-3H3,(H2,15,16,17). The van der Waals surface area contributed by atoms with Gasteiger partial charge in [-0.1, -0.05) is 12.1 Å². The van der Waals surface area contributed by atoms with E-state index in [4.69, 9.17) is 9.47 Å². The Morgan fingerprint density at radius 3 is 2.89 bits per heavy atom. The molecule has 1 unspecified atom stereocenters. The van der Waals surface area contributed by atoms with E-state index in [1.54, 1.807) is 0 Å². The lowest BCUT2D eigenvalue weighted by Crippen LogP contribution is -2.37. The maximum absolute atomic E-state index is 11.7. The Hall–Kier alpha value is -1.59. The molecule has 2 amide bonds. The van der Waals surface area contributed by atoms with Crippen LogP contribution in [0.25, 0.3) is 0 Å². The minimum atomic E-state index is -0.556. The van der Waals surface area contributed by atoms with E-state index < -0.39 is 5.79 Å². The lowest BCUT2D eigenvalue weighted by atomic mass is 10.2. The van der Waals surface area contributed by atoms with Gasteiger partial charge < -0.3 is 20.1 Å². The number of amides is 2. The molecule has 0 saturated carbocycles. The average molecular weight is 264 g/mol. The number of ether oxygens (including phenoxy) is 2. The van der Waals surface area contributed by atoms with Gasteiger partial charge in [0.15, 0.2) is 5.79 Å². The minimum absolute atomic E-state index is 0.0988. The fourth-order valence-electron chi connectivity index (χ4n) is 1.97. The zero-order chi connectivity index (χ0) is 13.9. The maximum atomic E-state index is 11.7. The van der Waals surface area contributed by atoms with Crippen molar-refractivity contribution in [1.29, 1.82) is 0 Å². The van der Waals surface area contributed by atoms with Crippen LogP contribution in [0.5, 0.6) is 0 Å². The second-order valence-electron chi connectivity index (χ2n) is 5.16. The van der Waals surface area contributed by atoms with Crippen LogP contribution >= 0.6 is 0 Å². The van der Waals surface area contributed by atoms with Crippen LogP contribution in [0, 0.1) is 6.92 Å². The van der Waals surface area contributed by atoms with Crippen molar-refractivity contribution in [2.45, 2.75) is 32.7 Å². The summed E-state index contributed by atoms with van der Waals surface area (Å²) in [6.45, 7) is 6.63. The van der Waals surface area contributed by atoms with Gasteiger partial charge in [-0.2, -0.15) is 0 Å². The van der Waals surface area contributed by atoms with E-state index in [-0.39, 0.29) is 12.1 Å². The van der Waals surface area contributed by atoms with Crippen LogP contribution in [-0.2, 0) is 9.47 Å². The molecule has 0 spiro atoms. The molecule has 5 heteroatoms. The lowest BCUT2D eigenvalue weighted by molar-refractivity contribution is -0.137. The number of urea groups is 1. The molecule has 0 aromatic heterocycles. The summed E-state index contributed by atoms with van der Waals surface area (Å²) in [4.78, 5) is 11.7. The summed E-state index contributed by atoms with van der Waals surface area (Å²) < 4.78 is 11.0. The molecule has 0 aliphatic carbocycles. The smallest absolute Gasteiger partial charge is 0.319 e. The highest BCUT2D eigenvalue weighted by Gasteiger charge is 2.32. The van der Waals surface area contributed by atoms with Crippen molar-refractivity contribution in [2.75, 3.05) is 18.5 Å². The molecule has 0 radical (unpaired) electrons. The SMILES string of the molecule is Cc1cccc(NC(=O)NCC2COC(C)(C)O2)c1. The second-order valence-corrected chi connectivity index (χ2v) is 5.16. The van der Waals surface area contributed by atoms with Crippen molar-refractivity contribution in [3.05, 3.63) is 29.8 Å². The highest BCUT2D eigenvalue weighted by molar-refractivity contribution is 5.89. The maximum Gasteiger partial charge on any atom is 0.319 e. The summed E-state index contributed by atoms with van der Waals surface area (Å²) in [6, 6.07) is 7.41. The van der Waals surface area contributed by atoms with Crippen molar-refractivity contribution in [3.8, 4) is 0 Å². The summed E-state index contributed by atoms with van der Waals surface area (Å²) in [5, 5.41) is 5.56. The molecule has 2 rings (SSSR count). The monoisotopic (exact) mass is 264 g/mol. The van der Waals surface area contributed by atoms with Crippen molar-refractivity contribution in [1.82, 2.24) is 5.32 Å². The average Bonchev–Trinajstić information content (AvgIpc) is 2.66. The van der Waals surface area contributed by atoms with Gasteiger partial charge in [-0.25, -0.2) is 4.79 Å². The third-order valence-electron chi connectivity index (χ3n) is 2.83. The molecule has 1 saturated heterocycles. The third-order valence-corrected chi connectivity index (χ3v) is 2.83. The number of hydrogen-bond donors (Lipinski definition) is 2. The van der Waals surface area contributed by atoms with Crippen molar-refractivity contribution < 1.29 is 14.3 Å². The van der Waals surface area contributed by atoms with Gasteiger partial charge >= 0.3 is 6.03 Å². The highest BCUT2D eigenvalue weighted by Crippen LogP contribution is 2.21. The number of aryl methyl sites for hydroxylation is 1. The summed E-state index contributed by atoms with van der Waals surface area (Å²) in [6.07, 6.45) is -0.0988. The van der Waals surface area contributed by atoms with Crippen LogP contribution in [0.1, 0.15) is 19.4 Å². The predicted molar refractivity (Wildman–Crippen MR) is 73.1 cm³/mol. The first-order chi connectivity index (χ1) is 8.94.